The minimum Gasteiger partial charge on any atom is -0.463 e. The highest BCUT2D eigenvalue weighted by atomic mass is 16.5. The molecule has 0 aliphatic heterocycles. The van der Waals surface area contributed by atoms with Gasteiger partial charge in [0.05, 0.1) is 17.9 Å². The van der Waals surface area contributed by atoms with Gasteiger partial charge in [-0.15, -0.1) is 0 Å². The minimum atomic E-state index is -0.837. The molecule has 0 aromatic rings. The van der Waals surface area contributed by atoms with Crippen LogP contribution < -0.4 is 0 Å². The maximum atomic E-state index is 12.2. The lowest BCUT2D eigenvalue weighted by Crippen LogP contribution is -2.46. The Hall–Kier alpha value is -1.19. The summed E-state index contributed by atoms with van der Waals surface area (Å²) in [5.74, 6) is -0.823. The zero-order chi connectivity index (χ0) is 12.6. The number of Topliss-reactive ketones (excluding diaryl/α,β-unsaturated/α-hetero) is 2. The van der Waals surface area contributed by atoms with E-state index in [9.17, 15) is 14.4 Å². The molecular weight excluding hydrogens is 220 g/mol. The maximum Gasteiger partial charge on any atom is 0.313 e. The first kappa shape index (κ1) is 12.3. The second kappa shape index (κ2) is 4.24. The molecule has 0 saturated heterocycles. The maximum absolute atomic E-state index is 12.2. The Morgan fingerprint density at radius 2 is 2.12 bits per heavy atom. The van der Waals surface area contributed by atoms with Crippen LogP contribution >= 0.6 is 0 Å². The smallest absolute Gasteiger partial charge is 0.313 e. The second-order valence-corrected chi connectivity index (χ2v) is 5.41. The number of ether oxygens (including phenoxy) is 1. The molecule has 2 unspecified atom stereocenters. The Bertz CT molecular complexity index is 372. The van der Waals surface area contributed by atoms with Gasteiger partial charge in [-0.25, -0.2) is 0 Å². The number of rotatable bonds is 2. The highest BCUT2D eigenvalue weighted by Crippen LogP contribution is 2.50. The van der Waals surface area contributed by atoms with Crippen molar-refractivity contribution >= 4 is 17.5 Å². The summed E-state index contributed by atoms with van der Waals surface area (Å²) < 4.78 is 5.25. The summed E-state index contributed by atoms with van der Waals surface area (Å²) in [6.45, 7) is 3.57. The van der Waals surface area contributed by atoms with E-state index in [1.807, 2.05) is 0 Å². The summed E-state index contributed by atoms with van der Waals surface area (Å²) in [5.41, 5.74) is -0.837. The first-order chi connectivity index (χ1) is 7.95. The van der Waals surface area contributed by atoms with Crippen molar-refractivity contribution in [3.8, 4) is 0 Å². The molecule has 0 bridgehead atoms. The number of hydrogen-bond acceptors (Lipinski definition) is 4. The van der Waals surface area contributed by atoms with Crippen LogP contribution in [0, 0.1) is 11.3 Å². The Balaban J connectivity index is 2.28. The lowest BCUT2D eigenvalue weighted by molar-refractivity contribution is -0.169. The molecule has 2 atom stereocenters. The van der Waals surface area contributed by atoms with Crippen LogP contribution in [0.3, 0.4) is 0 Å². The van der Waals surface area contributed by atoms with E-state index >= 15 is 0 Å². The van der Waals surface area contributed by atoms with Gasteiger partial charge < -0.3 is 4.74 Å². The number of fused-ring (bicyclic) bond motifs is 1. The van der Waals surface area contributed by atoms with Gasteiger partial charge in [-0.1, -0.05) is 6.42 Å². The molecule has 2 rings (SSSR count). The number of hydrogen-bond donors (Lipinski definition) is 0. The van der Waals surface area contributed by atoms with E-state index < -0.39 is 5.41 Å². The lowest BCUT2D eigenvalue weighted by atomic mass is 9.67. The summed E-state index contributed by atoms with van der Waals surface area (Å²) in [4.78, 5) is 35.6. The molecule has 2 aliphatic rings. The number of ketones is 2. The van der Waals surface area contributed by atoms with E-state index in [1.165, 1.54) is 0 Å². The van der Waals surface area contributed by atoms with Crippen molar-refractivity contribution in [2.75, 3.05) is 0 Å². The van der Waals surface area contributed by atoms with Crippen molar-refractivity contribution in [2.24, 2.45) is 11.3 Å². The summed E-state index contributed by atoms with van der Waals surface area (Å²) >= 11 is 0. The summed E-state index contributed by atoms with van der Waals surface area (Å²) in [6.07, 6.45) is 2.15. The van der Waals surface area contributed by atoms with E-state index in [2.05, 4.69) is 0 Å². The standard InChI is InChI=1S/C13H18O4/c1-8(2)17-12(16)13-5-3-4-10(13)11(15)6-9(14)7-13/h8,10H,3-7H2,1-2H3. The van der Waals surface area contributed by atoms with Crippen LogP contribution in [-0.4, -0.2) is 23.6 Å². The second-order valence-electron chi connectivity index (χ2n) is 5.41. The first-order valence-corrected chi connectivity index (χ1v) is 6.21. The molecule has 0 aromatic heterocycles. The van der Waals surface area contributed by atoms with Crippen LogP contribution in [0.4, 0.5) is 0 Å². The minimum absolute atomic E-state index is 0.00136. The normalized spacial score (nSPS) is 32.8. The van der Waals surface area contributed by atoms with E-state index in [4.69, 9.17) is 4.74 Å². The number of carbonyl (C=O) groups is 3. The third kappa shape index (κ3) is 2.01. The fraction of sp³-hybridized carbons (Fsp3) is 0.769. The van der Waals surface area contributed by atoms with Gasteiger partial charge in [0.2, 0.25) is 0 Å². The SMILES string of the molecule is CC(C)OC(=O)C12CCCC1C(=O)CC(=O)C2. The molecule has 2 saturated carbocycles. The van der Waals surface area contributed by atoms with Crippen LogP contribution in [0.5, 0.6) is 0 Å². The molecule has 2 fully saturated rings. The molecule has 0 aromatic carbocycles. The van der Waals surface area contributed by atoms with Crippen molar-refractivity contribution in [1.82, 2.24) is 0 Å². The summed E-state index contributed by atoms with van der Waals surface area (Å²) in [7, 11) is 0. The molecule has 17 heavy (non-hydrogen) atoms. The van der Waals surface area contributed by atoms with Crippen molar-refractivity contribution in [3.63, 3.8) is 0 Å². The van der Waals surface area contributed by atoms with Gasteiger partial charge in [-0.05, 0) is 26.7 Å². The van der Waals surface area contributed by atoms with Crippen LogP contribution in [-0.2, 0) is 19.1 Å². The van der Waals surface area contributed by atoms with Gasteiger partial charge in [0.15, 0.2) is 0 Å². The number of esters is 1. The van der Waals surface area contributed by atoms with Gasteiger partial charge in [0.1, 0.15) is 11.6 Å². The summed E-state index contributed by atoms with van der Waals surface area (Å²) in [5, 5.41) is 0. The van der Waals surface area contributed by atoms with E-state index in [-0.39, 0.29) is 42.4 Å². The van der Waals surface area contributed by atoms with Gasteiger partial charge >= 0.3 is 5.97 Å². The molecule has 0 radical (unpaired) electrons. The van der Waals surface area contributed by atoms with E-state index in [1.54, 1.807) is 13.8 Å². The van der Waals surface area contributed by atoms with Crippen LogP contribution in [0.1, 0.15) is 46.0 Å². The Labute approximate surface area is 101 Å². The zero-order valence-corrected chi connectivity index (χ0v) is 10.3. The molecular formula is C13H18O4. The van der Waals surface area contributed by atoms with Crippen molar-refractivity contribution in [2.45, 2.75) is 52.1 Å². The monoisotopic (exact) mass is 238 g/mol. The van der Waals surface area contributed by atoms with Crippen molar-refractivity contribution in [3.05, 3.63) is 0 Å². The highest BCUT2D eigenvalue weighted by Gasteiger charge is 2.56. The zero-order valence-electron chi connectivity index (χ0n) is 10.3. The molecule has 4 nitrogen and oxygen atoms in total. The Kier molecular flexibility index (Phi) is 3.06. The lowest BCUT2D eigenvalue weighted by Gasteiger charge is -2.35. The quantitative estimate of drug-likeness (QED) is 0.542. The van der Waals surface area contributed by atoms with Crippen LogP contribution in [0.25, 0.3) is 0 Å². The Morgan fingerprint density at radius 1 is 1.41 bits per heavy atom. The largest absolute Gasteiger partial charge is 0.463 e. The molecule has 0 N–H and O–H groups in total. The summed E-state index contributed by atoms with van der Waals surface area (Å²) in [6, 6.07) is 0. The highest BCUT2D eigenvalue weighted by molar-refractivity contribution is 6.07. The number of carbonyl (C=O) groups excluding carboxylic acids is 3. The van der Waals surface area contributed by atoms with Crippen molar-refractivity contribution in [1.29, 1.82) is 0 Å². The third-order valence-electron chi connectivity index (χ3n) is 3.80. The third-order valence-corrected chi connectivity index (χ3v) is 3.80. The van der Waals surface area contributed by atoms with Gasteiger partial charge in [0.25, 0.3) is 0 Å². The van der Waals surface area contributed by atoms with Crippen LogP contribution in [0.2, 0.25) is 0 Å². The van der Waals surface area contributed by atoms with Crippen molar-refractivity contribution < 1.29 is 19.1 Å². The van der Waals surface area contributed by atoms with Crippen LogP contribution in [0.15, 0.2) is 0 Å². The predicted molar refractivity (Wildman–Crippen MR) is 60.3 cm³/mol. The fourth-order valence-electron chi connectivity index (χ4n) is 3.13. The Morgan fingerprint density at radius 3 is 2.76 bits per heavy atom. The first-order valence-electron chi connectivity index (χ1n) is 6.21. The molecule has 4 heteroatoms. The fourth-order valence-corrected chi connectivity index (χ4v) is 3.13. The average Bonchev–Trinajstić information content (AvgIpc) is 2.61. The molecule has 94 valence electrons. The molecule has 0 spiro atoms. The molecule has 2 aliphatic carbocycles. The average molecular weight is 238 g/mol. The molecule has 0 amide bonds. The predicted octanol–water partition coefficient (Wildman–Crippen LogP) is 1.66. The van der Waals surface area contributed by atoms with Gasteiger partial charge in [-0.3, -0.25) is 14.4 Å². The van der Waals surface area contributed by atoms with Gasteiger partial charge in [0, 0.05) is 12.3 Å². The van der Waals surface area contributed by atoms with Gasteiger partial charge in [-0.2, -0.15) is 0 Å². The topological polar surface area (TPSA) is 60.4 Å². The molecule has 0 heterocycles. The van der Waals surface area contributed by atoms with E-state index in [0.717, 1.165) is 12.8 Å². The van der Waals surface area contributed by atoms with E-state index in [0.29, 0.717) is 6.42 Å².